The molecule has 0 amide bonds. The van der Waals surface area contributed by atoms with Crippen molar-refractivity contribution in [3.05, 3.63) is 60.7 Å². The Kier molecular flexibility index (Phi) is 9.96. The fourth-order valence-corrected chi connectivity index (χ4v) is 7.86. The Bertz CT molecular complexity index is 772. The standard InChI is InChI=1S/C22H32O6P2/c1-3-5-17-27-29(25,19-13-9-7-10-14-19)21(23)22(24)30(26,28-18-6-4-2)20-15-11-8-12-16-20/h7-16,21-24H,3-6,17-18H2,1-2H3. The van der Waals surface area contributed by atoms with E-state index >= 15 is 0 Å². The van der Waals surface area contributed by atoms with Crippen LogP contribution in [0.1, 0.15) is 39.5 Å². The van der Waals surface area contributed by atoms with Crippen LogP contribution in [0.25, 0.3) is 0 Å². The highest BCUT2D eigenvalue weighted by Gasteiger charge is 2.49. The zero-order valence-corrected chi connectivity index (χ0v) is 19.4. The van der Waals surface area contributed by atoms with Gasteiger partial charge < -0.3 is 19.3 Å². The lowest BCUT2D eigenvalue weighted by molar-refractivity contribution is 0.0952. The van der Waals surface area contributed by atoms with Crippen LogP contribution in [0.4, 0.5) is 0 Å². The van der Waals surface area contributed by atoms with Crippen molar-refractivity contribution in [2.45, 2.75) is 51.2 Å². The Morgan fingerprint density at radius 2 is 1.03 bits per heavy atom. The second-order valence-corrected chi connectivity index (χ2v) is 12.1. The second-order valence-electron chi connectivity index (χ2n) is 7.07. The van der Waals surface area contributed by atoms with Gasteiger partial charge in [0.15, 0.2) is 11.7 Å². The summed E-state index contributed by atoms with van der Waals surface area (Å²) in [5.74, 6) is -3.80. The molecule has 30 heavy (non-hydrogen) atoms. The first-order chi connectivity index (χ1) is 14.4. The molecule has 8 heteroatoms. The van der Waals surface area contributed by atoms with E-state index < -0.39 is 26.4 Å². The van der Waals surface area contributed by atoms with Gasteiger partial charge in [0.2, 0.25) is 0 Å². The summed E-state index contributed by atoms with van der Waals surface area (Å²) >= 11 is 0. The van der Waals surface area contributed by atoms with E-state index in [1.54, 1.807) is 60.7 Å². The van der Waals surface area contributed by atoms with Crippen molar-refractivity contribution in [3.8, 4) is 0 Å². The van der Waals surface area contributed by atoms with Crippen LogP contribution in [0.2, 0.25) is 0 Å². The maximum atomic E-state index is 13.8. The van der Waals surface area contributed by atoms with E-state index in [4.69, 9.17) is 9.05 Å². The molecule has 166 valence electrons. The van der Waals surface area contributed by atoms with Crippen molar-refractivity contribution in [1.82, 2.24) is 0 Å². The number of unbranched alkanes of at least 4 members (excludes halogenated alkanes) is 2. The van der Waals surface area contributed by atoms with E-state index in [0.717, 1.165) is 12.8 Å². The molecule has 0 aliphatic rings. The third-order valence-electron chi connectivity index (χ3n) is 4.76. The largest absolute Gasteiger partial charge is 0.379 e. The van der Waals surface area contributed by atoms with Gasteiger partial charge in [-0.2, -0.15) is 0 Å². The van der Waals surface area contributed by atoms with Crippen LogP contribution in [-0.4, -0.2) is 35.1 Å². The lowest BCUT2D eigenvalue weighted by Crippen LogP contribution is -2.34. The van der Waals surface area contributed by atoms with Gasteiger partial charge in [0, 0.05) is 10.6 Å². The van der Waals surface area contributed by atoms with E-state index in [1.807, 2.05) is 13.8 Å². The molecule has 4 unspecified atom stereocenters. The molecule has 0 aliphatic carbocycles. The van der Waals surface area contributed by atoms with Gasteiger partial charge >= 0.3 is 0 Å². The summed E-state index contributed by atoms with van der Waals surface area (Å²) in [6.07, 6.45) is 2.91. The van der Waals surface area contributed by atoms with Gasteiger partial charge in [-0.1, -0.05) is 63.1 Å². The maximum Gasteiger partial charge on any atom is 0.262 e. The van der Waals surface area contributed by atoms with Gasteiger partial charge in [0.05, 0.1) is 13.2 Å². The molecule has 2 aromatic carbocycles. The fourth-order valence-electron chi connectivity index (χ4n) is 2.92. The minimum absolute atomic E-state index is 0.152. The summed E-state index contributed by atoms with van der Waals surface area (Å²) in [6, 6.07) is 16.5. The molecular formula is C22H32O6P2. The van der Waals surface area contributed by atoms with Crippen LogP contribution < -0.4 is 10.6 Å². The number of benzene rings is 2. The van der Waals surface area contributed by atoms with Crippen LogP contribution in [0.15, 0.2) is 60.7 Å². The van der Waals surface area contributed by atoms with E-state index in [2.05, 4.69) is 0 Å². The molecule has 0 heterocycles. The molecule has 0 saturated carbocycles. The maximum absolute atomic E-state index is 13.8. The zero-order chi connectivity index (χ0) is 22.0. The summed E-state index contributed by atoms with van der Waals surface area (Å²) in [7, 11) is -7.90. The van der Waals surface area contributed by atoms with E-state index in [-0.39, 0.29) is 23.8 Å². The lowest BCUT2D eigenvalue weighted by Gasteiger charge is -2.32. The highest BCUT2D eigenvalue weighted by molar-refractivity contribution is 7.71. The summed E-state index contributed by atoms with van der Waals surface area (Å²) in [6.45, 7) is 4.23. The summed E-state index contributed by atoms with van der Waals surface area (Å²) in [4.78, 5) is 0. The molecule has 2 rings (SSSR count). The molecule has 0 saturated heterocycles. The Morgan fingerprint density at radius 1 is 0.700 bits per heavy atom. The monoisotopic (exact) mass is 454 g/mol. The number of hydrogen-bond acceptors (Lipinski definition) is 6. The molecule has 0 bridgehead atoms. The van der Waals surface area contributed by atoms with Gasteiger partial charge in [-0.15, -0.1) is 0 Å². The molecule has 2 N–H and O–H groups in total. The quantitative estimate of drug-likeness (QED) is 0.343. The Hall–Kier alpha value is -1.26. The first-order valence-electron chi connectivity index (χ1n) is 10.4. The van der Waals surface area contributed by atoms with Crippen LogP contribution in [0.3, 0.4) is 0 Å². The average Bonchev–Trinajstić information content (AvgIpc) is 2.79. The van der Waals surface area contributed by atoms with E-state index in [1.165, 1.54) is 0 Å². The summed E-state index contributed by atoms with van der Waals surface area (Å²) < 4.78 is 39.0. The molecule has 4 atom stereocenters. The Morgan fingerprint density at radius 3 is 1.33 bits per heavy atom. The summed E-state index contributed by atoms with van der Waals surface area (Å²) in [5.41, 5.74) is 0. The topological polar surface area (TPSA) is 93.1 Å². The molecule has 0 aromatic heterocycles. The van der Waals surface area contributed by atoms with Crippen LogP contribution in [0.5, 0.6) is 0 Å². The highest BCUT2D eigenvalue weighted by Crippen LogP contribution is 2.60. The van der Waals surface area contributed by atoms with Crippen LogP contribution in [0, 0.1) is 0 Å². The number of hydrogen-bond donors (Lipinski definition) is 2. The highest BCUT2D eigenvalue weighted by atomic mass is 31.2. The van der Waals surface area contributed by atoms with Crippen molar-refractivity contribution >= 4 is 25.3 Å². The van der Waals surface area contributed by atoms with Gasteiger partial charge in [0.25, 0.3) is 14.7 Å². The number of aliphatic hydroxyl groups is 2. The molecule has 0 spiro atoms. The predicted octanol–water partition coefficient (Wildman–Crippen LogP) is 4.46. The lowest BCUT2D eigenvalue weighted by atomic mass is 10.4. The van der Waals surface area contributed by atoms with Crippen molar-refractivity contribution in [3.63, 3.8) is 0 Å². The average molecular weight is 454 g/mol. The van der Waals surface area contributed by atoms with Crippen molar-refractivity contribution in [2.75, 3.05) is 13.2 Å². The number of rotatable bonds is 13. The number of aliphatic hydroxyl groups excluding tert-OH is 2. The summed E-state index contributed by atoms with van der Waals surface area (Å²) in [5, 5.41) is 22.6. The minimum atomic E-state index is -3.95. The second kappa shape index (κ2) is 12.0. The Labute approximate surface area is 179 Å². The fraction of sp³-hybridized carbons (Fsp3) is 0.455. The van der Waals surface area contributed by atoms with Crippen LogP contribution >= 0.6 is 14.7 Å². The van der Waals surface area contributed by atoms with Gasteiger partial charge in [-0.05, 0) is 37.1 Å². The van der Waals surface area contributed by atoms with Gasteiger partial charge in [-0.25, -0.2) is 0 Å². The van der Waals surface area contributed by atoms with E-state index in [9.17, 15) is 19.3 Å². The third-order valence-corrected chi connectivity index (χ3v) is 10.1. The third kappa shape index (κ3) is 5.91. The SMILES string of the molecule is CCCCOP(=O)(c1ccccc1)C(O)C(O)P(=O)(OCCCC)c1ccccc1. The molecule has 6 nitrogen and oxygen atoms in total. The molecule has 0 fully saturated rings. The normalized spacial score (nSPS) is 17.6. The van der Waals surface area contributed by atoms with Gasteiger partial charge in [-0.3, -0.25) is 9.13 Å². The zero-order valence-electron chi connectivity index (χ0n) is 17.6. The van der Waals surface area contributed by atoms with Crippen molar-refractivity contribution in [2.24, 2.45) is 0 Å². The van der Waals surface area contributed by atoms with Crippen molar-refractivity contribution in [1.29, 1.82) is 0 Å². The van der Waals surface area contributed by atoms with Crippen molar-refractivity contribution < 1.29 is 28.4 Å². The predicted molar refractivity (Wildman–Crippen MR) is 121 cm³/mol. The van der Waals surface area contributed by atoms with Gasteiger partial charge in [0.1, 0.15) is 0 Å². The Balaban J connectivity index is 2.43. The van der Waals surface area contributed by atoms with Crippen LogP contribution in [-0.2, 0) is 18.2 Å². The molecule has 0 aliphatic heterocycles. The first kappa shape index (κ1) is 25.0. The first-order valence-corrected chi connectivity index (χ1v) is 13.7. The smallest absolute Gasteiger partial charge is 0.262 e. The minimum Gasteiger partial charge on any atom is -0.379 e. The molecule has 2 aromatic rings. The molecule has 0 radical (unpaired) electrons. The van der Waals surface area contributed by atoms with E-state index in [0.29, 0.717) is 12.8 Å². The molecular weight excluding hydrogens is 422 g/mol.